The van der Waals surface area contributed by atoms with E-state index in [0.717, 1.165) is 20.5 Å². The molecule has 1 saturated heterocycles. The number of rotatable bonds is 9. The van der Waals surface area contributed by atoms with E-state index in [4.69, 9.17) is 0 Å². The van der Waals surface area contributed by atoms with Crippen LogP contribution in [0.25, 0.3) is 6.08 Å². The highest BCUT2D eigenvalue weighted by molar-refractivity contribution is 9.10. The van der Waals surface area contributed by atoms with Crippen LogP contribution < -0.4 is 4.90 Å². The van der Waals surface area contributed by atoms with Gasteiger partial charge in [0.05, 0.1) is 35.2 Å². The molecule has 206 valence electrons. The lowest BCUT2D eigenvalue weighted by Gasteiger charge is -2.35. The number of nitro groups is 1. The van der Waals surface area contributed by atoms with E-state index in [9.17, 15) is 35.0 Å². The fourth-order valence-corrected chi connectivity index (χ4v) is 6.19. The first kappa shape index (κ1) is 28.7. The van der Waals surface area contributed by atoms with Crippen LogP contribution >= 0.6 is 15.9 Å². The Morgan fingerprint density at radius 1 is 1.23 bits per heavy atom. The van der Waals surface area contributed by atoms with Crippen molar-refractivity contribution in [2.45, 2.75) is 45.6 Å². The standard InChI is InChI=1S/C29H31BrN2O7/c1-3-17(12-18-13-19(30)8-10-24(18)34)7-9-25(35)26-16(2)11-22-27(23(26)15-33)29(37)31(28(22)36)20-5-4-6-21(14-20)32(38)39/h4-6,8,10,12-14,22-23,25,27,33-35H,3,7,9,11,15H2,1-2H3/b17-12+/t22-,23+,25-,27-/m1/s1. The number of phenolic OH excluding ortho intramolecular Hbond substituents is 1. The van der Waals surface area contributed by atoms with E-state index in [-0.39, 0.29) is 23.5 Å². The fourth-order valence-electron chi connectivity index (χ4n) is 5.81. The number of allylic oxidation sites excluding steroid dienone is 2. The molecule has 2 aromatic rings. The molecule has 0 saturated carbocycles. The maximum Gasteiger partial charge on any atom is 0.271 e. The average molecular weight is 599 g/mol. The van der Waals surface area contributed by atoms with Gasteiger partial charge >= 0.3 is 0 Å². The molecule has 1 aliphatic carbocycles. The van der Waals surface area contributed by atoms with Crippen LogP contribution in [0.3, 0.4) is 0 Å². The number of nitrogens with zero attached hydrogens (tertiary/aromatic N) is 2. The molecule has 0 aromatic heterocycles. The Morgan fingerprint density at radius 3 is 2.64 bits per heavy atom. The Bertz CT molecular complexity index is 1370. The number of aromatic hydroxyl groups is 1. The van der Waals surface area contributed by atoms with Gasteiger partial charge in [0.25, 0.3) is 5.69 Å². The molecule has 9 nitrogen and oxygen atoms in total. The highest BCUT2D eigenvalue weighted by Crippen LogP contribution is 2.47. The van der Waals surface area contributed by atoms with Gasteiger partial charge in [-0.2, -0.15) is 0 Å². The summed E-state index contributed by atoms with van der Waals surface area (Å²) in [5, 5.41) is 43.1. The lowest BCUT2D eigenvalue weighted by Crippen LogP contribution is -2.38. The van der Waals surface area contributed by atoms with Crippen LogP contribution in [0.2, 0.25) is 0 Å². The highest BCUT2D eigenvalue weighted by Gasteiger charge is 2.55. The van der Waals surface area contributed by atoms with Crippen LogP contribution in [0.1, 0.15) is 45.1 Å². The molecule has 2 aromatic carbocycles. The number of nitro benzene ring substituents is 1. The van der Waals surface area contributed by atoms with E-state index in [0.29, 0.717) is 30.4 Å². The molecule has 10 heteroatoms. The van der Waals surface area contributed by atoms with Gasteiger partial charge in [0, 0.05) is 28.1 Å². The van der Waals surface area contributed by atoms with Crippen LogP contribution in [-0.2, 0) is 9.59 Å². The number of non-ortho nitro benzene ring substituents is 1. The largest absolute Gasteiger partial charge is 0.507 e. The Hall–Kier alpha value is -3.34. The second-order valence-corrected chi connectivity index (χ2v) is 11.0. The fraction of sp³-hybridized carbons (Fsp3) is 0.379. The van der Waals surface area contributed by atoms with Crippen LogP contribution in [0.15, 0.2) is 63.7 Å². The molecule has 0 spiro atoms. The van der Waals surface area contributed by atoms with Crippen LogP contribution in [-0.4, -0.2) is 44.8 Å². The molecular formula is C29H31BrN2O7. The van der Waals surface area contributed by atoms with Crippen molar-refractivity contribution in [1.29, 1.82) is 0 Å². The summed E-state index contributed by atoms with van der Waals surface area (Å²) in [5.41, 5.74) is 2.90. The Balaban J connectivity index is 1.56. The van der Waals surface area contributed by atoms with Crippen molar-refractivity contribution in [3.63, 3.8) is 0 Å². The molecule has 2 amide bonds. The second kappa shape index (κ2) is 11.8. The minimum absolute atomic E-state index is 0.124. The molecule has 4 rings (SSSR count). The molecular weight excluding hydrogens is 568 g/mol. The summed E-state index contributed by atoms with van der Waals surface area (Å²) in [6, 6.07) is 10.5. The van der Waals surface area contributed by atoms with Crippen molar-refractivity contribution >= 4 is 45.2 Å². The maximum absolute atomic E-state index is 13.5. The van der Waals surface area contributed by atoms with Gasteiger partial charge in [-0.15, -0.1) is 0 Å². The van der Waals surface area contributed by atoms with Gasteiger partial charge in [-0.05, 0) is 62.4 Å². The molecule has 3 N–H and O–H groups in total. The predicted molar refractivity (Wildman–Crippen MR) is 150 cm³/mol. The average Bonchev–Trinajstić information content (AvgIpc) is 3.16. The van der Waals surface area contributed by atoms with E-state index in [1.165, 1.54) is 24.3 Å². The molecule has 0 radical (unpaired) electrons. The van der Waals surface area contributed by atoms with Gasteiger partial charge in [0.15, 0.2) is 0 Å². The van der Waals surface area contributed by atoms with Crippen molar-refractivity contribution in [2.24, 2.45) is 17.8 Å². The quantitative estimate of drug-likeness (QED) is 0.157. The molecule has 39 heavy (non-hydrogen) atoms. The molecule has 1 fully saturated rings. The number of imide groups is 1. The van der Waals surface area contributed by atoms with E-state index in [2.05, 4.69) is 15.9 Å². The number of aliphatic hydroxyl groups is 2. The first-order valence-electron chi connectivity index (χ1n) is 12.9. The summed E-state index contributed by atoms with van der Waals surface area (Å²) in [6.07, 6.45) is 2.78. The number of aliphatic hydroxyl groups excluding tert-OH is 2. The Labute approximate surface area is 234 Å². The number of benzene rings is 2. The zero-order chi connectivity index (χ0) is 28.4. The lowest BCUT2D eigenvalue weighted by atomic mass is 9.68. The van der Waals surface area contributed by atoms with Crippen LogP contribution in [0, 0.1) is 27.9 Å². The topological polar surface area (TPSA) is 141 Å². The number of hydrogen-bond donors (Lipinski definition) is 3. The van der Waals surface area contributed by atoms with Crippen molar-refractivity contribution in [3.8, 4) is 5.75 Å². The third kappa shape index (κ3) is 5.68. The summed E-state index contributed by atoms with van der Waals surface area (Å²) in [4.78, 5) is 38.5. The smallest absolute Gasteiger partial charge is 0.271 e. The number of phenols is 1. The van der Waals surface area contributed by atoms with Crippen molar-refractivity contribution < 1.29 is 29.8 Å². The van der Waals surface area contributed by atoms with Crippen LogP contribution in [0.5, 0.6) is 5.75 Å². The second-order valence-electron chi connectivity index (χ2n) is 10.1. The van der Waals surface area contributed by atoms with Gasteiger partial charge in [-0.1, -0.05) is 46.1 Å². The van der Waals surface area contributed by atoms with Gasteiger partial charge in [-0.25, -0.2) is 4.90 Å². The number of hydrogen-bond acceptors (Lipinski definition) is 7. The summed E-state index contributed by atoms with van der Waals surface area (Å²) in [5.74, 6) is -3.16. The number of anilines is 1. The normalized spacial score (nSPS) is 22.3. The number of amides is 2. The minimum Gasteiger partial charge on any atom is -0.507 e. The summed E-state index contributed by atoms with van der Waals surface area (Å²) in [6.45, 7) is 3.38. The first-order chi connectivity index (χ1) is 18.6. The number of fused-ring (bicyclic) bond motifs is 1. The predicted octanol–water partition coefficient (Wildman–Crippen LogP) is 5.13. The molecule has 2 aliphatic rings. The van der Waals surface area contributed by atoms with Gasteiger partial charge < -0.3 is 15.3 Å². The minimum atomic E-state index is -0.941. The Morgan fingerprint density at radius 2 is 1.97 bits per heavy atom. The van der Waals surface area contributed by atoms with Gasteiger partial charge in [-0.3, -0.25) is 19.7 Å². The SMILES string of the molecule is CC/C(=C\c1cc(Br)ccc1O)CC[C@@H](O)C1=C(C)C[C@H]2C(=O)N(c3cccc([N+](=O)[O-])c3)C(=O)[C@H]2[C@H]1CO. The first-order valence-corrected chi connectivity index (χ1v) is 13.6. The van der Waals surface area contributed by atoms with Crippen molar-refractivity contribution in [1.82, 2.24) is 0 Å². The van der Waals surface area contributed by atoms with Gasteiger partial charge in [0.1, 0.15) is 5.75 Å². The van der Waals surface area contributed by atoms with E-state index >= 15 is 0 Å². The zero-order valence-electron chi connectivity index (χ0n) is 21.7. The summed E-state index contributed by atoms with van der Waals surface area (Å²) in [7, 11) is 0. The van der Waals surface area contributed by atoms with E-state index in [1.54, 1.807) is 19.1 Å². The molecule has 1 heterocycles. The third-order valence-corrected chi connectivity index (χ3v) is 8.22. The van der Waals surface area contributed by atoms with Gasteiger partial charge in [0.2, 0.25) is 11.8 Å². The summed E-state index contributed by atoms with van der Waals surface area (Å²) < 4.78 is 0.834. The third-order valence-electron chi connectivity index (χ3n) is 7.73. The summed E-state index contributed by atoms with van der Waals surface area (Å²) >= 11 is 3.41. The Kier molecular flexibility index (Phi) is 8.68. The lowest BCUT2D eigenvalue weighted by molar-refractivity contribution is -0.384. The van der Waals surface area contributed by atoms with E-state index < -0.39 is 47.2 Å². The van der Waals surface area contributed by atoms with Crippen molar-refractivity contribution in [3.05, 3.63) is 79.3 Å². The van der Waals surface area contributed by atoms with Crippen LogP contribution in [0.4, 0.5) is 11.4 Å². The molecule has 0 bridgehead atoms. The molecule has 4 atom stereocenters. The molecule has 0 unspecified atom stereocenters. The molecule has 1 aliphatic heterocycles. The monoisotopic (exact) mass is 598 g/mol. The zero-order valence-corrected chi connectivity index (χ0v) is 23.3. The highest BCUT2D eigenvalue weighted by atomic mass is 79.9. The van der Waals surface area contributed by atoms with E-state index in [1.807, 2.05) is 19.1 Å². The number of carbonyl (C=O) groups is 2. The van der Waals surface area contributed by atoms with Crippen molar-refractivity contribution in [2.75, 3.05) is 11.5 Å². The number of carbonyl (C=O) groups excluding carboxylic acids is 2. The maximum atomic E-state index is 13.5. The number of halogens is 1.